The first-order chi connectivity index (χ1) is 18.5. The lowest BCUT2D eigenvalue weighted by molar-refractivity contribution is 0.0954. The lowest BCUT2D eigenvalue weighted by atomic mass is 10.1. The summed E-state index contributed by atoms with van der Waals surface area (Å²) in [4.78, 5) is 31.7. The van der Waals surface area contributed by atoms with Crippen molar-refractivity contribution in [3.8, 4) is 0 Å². The Morgan fingerprint density at radius 2 is 1.87 bits per heavy atom. The molecule has 1 saturated heterocycles. The van der Waals surface area contributed by atoms with Gasteiger partial charge in [0.15, 0.2) is 5.82 Å². The molecule has 0 saturated carbocycles. The fourth-order valence-corrected chi connectivity index (χ4v) is 4.62. The lowest BCUT2D eigenvalue weighted by Crippen LogP contribution is -2.35. The maximum atomic E-state index is 15.2. The number of hydrogen-bond acceptors (Lipinski definition) is 8. The standard InChI is InChI=1S/C26H29F2N9O/c1-2-16-12-31-26(32-13-16)36-9-5-18(6-10-36)37-14-20(28)22-23(33-15-34-24(22)37)35-21-4-3-17(11-19(21)27)25(38)30-8-7-29/h3-4,11-15,18H,2,5-10,29H2,1H3,(H,30,38)(H,33,34,35). The number of hydrogen-bond donors (Lipinski definition) is 3. The van der Waals surface area contributed by atoms with Gasteiger partial charge < -0.3 is 25.8 Å². The second kappa shape index (κ2) is 11.1. The van der Waals surface area contributed by atoms with Gasteiger partial charge in [0.2, 0.25) is 5.95 Å². The molecular formula is C26H29F2N9O. The lowest BCUT2D eigenvalue weighted by Gasteiger charge is -2.32. The van der Waals surface area contributed by atoms with E-state index in [4.69, 9.17) is 5.73 Å². The van der Waals surface area contributed by atoms with Gasteiger partial charge in [-0.1, -0.05) is 6.92 Å². The quantitative estimate of drug-likeness (QED) is 0.322. The van der Waals surface area contributed by atoms with E-state index in [0.29, 0.717) is 11.6 Å². The van der Waals surface area contributed by atoms with Crippen molar-refractivity contribution in [1.29, 1.82) is 0 Å². The summed E-state index contributed by atoms with van der Waals surface area (Å²) in [5, 5.41) is 5.64. The molecule has 3 aromatic heterocycles. The van der Waals surface area contributed by atoms with Crippen LogP contribution in [-0.2, 0) is 6.42 Å². The van der Waals surface area contributed by atoms with Crippen LogP contribution < -0.4 is 21.3 Å². The Morgan fingerprint density at radius 1 is 1.11 bits per heavy atom. The minimum absolute atomic E-state index is 0.0268. The maximum absolute atomic E-state index is 15.2. The number of fused-ring (bicyclic) bond motifs is 1. The first-order valence-electron chi connectivity index (χ1n) is 12.6. The van der Waals surface area contributed by atoms with Gasteiger partial charge in [0, 0.05) is 56.4 Å². The van der Waals surface area contributed by atoms with Crippen molar-refractivity contribution < 1.29 is 13.6 Å². The van der Waals surface area contributed by atoms with E-state index in [2.05, 4.69) is 42.4 Å². The number of aryl methyl sites for hydroxylation is 1. The summed E-state index contributed by atoms with van der Waals surface area (Å²) in [6.07, 6.45) is 8.86. The predicted octanol–water partition coefficient (Wildman–Crippen LogP) is 3.34. The number of carbonyl (C=O) groups excluding carboxylic acids is 1. The second-order valence-corrected chi connectivity index (χ2v) is 9.13. The average molecular weight is 522 g/mol. The highest BCUT2D eigenvalue weighted by Crippen LogP contribution is 2.33. The van der Waals surface area contributed by atoms with Crippen LogP contribution in [0.15, 0.2) is 43.1 Å². The molecule has 4 N–H and O–H groups in total. The highest BCUT2D eigenvalue weighted by atomic mass is 19.1. The summed E-state index contributed by atoms with van der Waals surface area (Å²) in [5.41, 5.74) is 7.13. The number of nitrogens with two attached hydrogens (primary N) is 1. The number of amides is 1. The van der Waals surface area contributed by atoms with E-state index < -0.39 is 17.5 Å². The fraction of sp³-hybridized carbons (Fsp3) is 0.346. The molecule has 38 heavy (non-hydrogen) atoms. The van der Waals surface area contributed by atoms with Crippen LogP contribution >= 0.6 is 0 Å². The normalized spacial score (nSPS) is 14.2. The summed E-state index contributed by atoms with van der Waals surface area (Å²) in [5.74, 6) is -0.750. The Kier molecular flexibility index (Phi) is 7.40. The zero-order valence-electron chi connectivity index (χ0n) is 21.0. The van der Waals surface area contributed by atoms with E-state index in [0.717, 1.165) is 44.0 Å². The Labute approximate surface area is 218 Å². The van der Waals surface area contributed by atoms with Gasteiger partial charge >= 0.3 is 0 Å². The van der Waals surface area contributed by atoms with Crippen LogP contribution in [0.2, 0.25) is 0 Å². The number of piperidine rings is 1. The van der Waals surface area contributed by atoms with Gasteiger partial charge in [0.1, 0.15) is 23.6 Å². The number of rotatable bonds is 8. The summed E-state index contributed by atoms with van der Waals surface area (Å²) in [7, 11) is 0. The van der Waals surface area contributed by atoms with Gasteiger partial charge in [-0.3, -0.25) is 4.79 Å². The molecule has 198 valence electrons. The summed E-state index contributed by atoms with van der Waals surface area (Å²) in [6, 6.07) is 4.03. The molecule has 0 atom stereocenters. The molecule has 0 spiro atoms. The largest absolute Gasteiger partial charge is 0.351 e. The molecule has 1 amide bonds. The summed E-state index contributed by atoms with van der Waals surface area (Å²) >= 11 is 0. The molecule has 5 rings (SSSR count). The number of nitrogens with zero attached hydrogens (tertiary/aromatic N) is 6. The molecule has 0 bridgehead atoms. The van der Waals surface area contributed by atoms with Gasteiger partial charge in [-0.05, 0) is 43.0 Å². The third kappa shape index (κ3) is 5.12. The van der Waals surface area contributed by atoms with E-state index in [1.54, 1.807) is 0 Å². The van der Waals surface area contributed by atoms with E-state index >= 15 is 4.39 Å². The fourth-order valence-electron chi connectivity index (χ4n) is 4.62. The Balaban J connectivity index is 1.33. The topological polar surface area (TPSA) is 127 Å². The van der Waals surface area contributed by atoms with Gasteiger partial charge in [0.25, 0.3) is 5.91 Å². The number of benzene rings is 1. The molecule has 10 nitrogen and oxygen atoms in total. The Morgan fingerprint density at radius 3 is 2.55 bits per heavy atom. The monoisotopic (exact) mass is 521 g/mol. The van der Waals surface area contributed by atoms with E-state index in [1.165, 1.54) is 24.7 Å². The third-order valence-electron chi connectivity index (χ3n) is 6.72. The molecule has 1 aromatic carbocycles. The van der Waals surface area contributed by atoms with E-state index in [1.807, 2.05) is 17.0 Å². The first-order valence-corrected chi connectivity index (χ1v) is 12.6. The van der Waals surface area contributed by atoms with Crippen LogP contribution in [0, 0.1) is 11.6 Å². The average Bonchev–Trinajstić information content (AvgIpc) is 3.30. The van der Waals surface area contributed by atoms with Crippen molar-refractivity contribution in [2.45, 2.75) is 32.2 Å². The molecule has 0 aliphatic carbocycles. The zero-order valence-corrected chi connectivity index (χ0v) is 21.0. The second-order valence-electron chi connectivity index (χ2n) is 9.13. The minimum atomic E-state index is -0.668. The van der Waals surface area contributed by atoms with Crippen molar-refractivity contribution >= 4 is 34.4 Å². The van der Waals surface area contributed by atoms with Crippen LogP contribution in [-0.4, -0.2) is 56.6 Å². The number of halogens is 2. The predicted molar refractivity (Wildman–Crippen MR) is 140 cm³/mol. The summed E-state index contributed by atoms with van der Waals surface area (Å²) < 4.78 is 31.8. The maximum Gasteiger partial charge on any atom is 0.251 e. The van der Waals surface area contributed by atoms with Gasteiger partial charge in [-0.15, -0.1) is 0 Å². The van der Waals surface area contributed by atoms with E-state index in [-0.39, 0.29) is 41.6 Å². The van der Waals surface area contributed by atoms with Gasteiger partial charge in [0.05, 0.1) is 11.1 Å². The smallest absolute Gasteiger partial charge is 0.251 e. The molecule has 4 heterocycles. The van der Waals surface area contributed by atoms with Gasteiger partial charge in [-0.25, -0.2) is 28.7 Å². The number of nitrogens with one attached hydrogen (secondary N) is 2. The number of anilines is 3. The Bertz CT molecular complexity index is 1430. The third-order valence-corrected chi connectivity index (χ3v) is 6.72. The van der Waals surface area contributed by atoms with Gasteiger partial charge in [-0.2, -0.15) is 0 Å². The van der Waals surface area contributed by atoms with Crippen molar-refractivity contribution in [3.05, 3.63) is 65.9 Å². The van der Waals surface area contributed by atoms with Crippen LogP contribution in [0.5, 0.6) is 0 Å². The molecular weight excluding hydrogens is 492 g/mol. The highest BCUT2D eigenvalue weighted by molar-refractivity contribution is 5.95. The SMILES string of the molecule is CCc1cnc(N2CCC(n3cc(F)c4c(Nc5ccc(C(=O)NCCN)cc5F)ncnc43)CC2)nc1. The van der Waals surface area contributed by atoms with Crippen LogP contribution in [0.25, 0.3) is 11.0 Å². The molecule has 1 aliphatic heterocycles. The zero-order chi connectivity index (χ0) is 26.6. The van der Waals surface area contributed by atoms with E-state index in [9.17, 15) is 9.18 Å². The van der Waals surface area contributed by atoms with Crippen LogP contribution in [0.4, 0.5) is 26.2 Å². The summed E-state index contributed by atoms with van der Waals surface area (Å²) in [6.45, 7) is 4.08. The first kappa shape index (κ1) is 25.5. The molecule has 1 aliphatic rings. The van der Waals surface area contributed by atoms with Crippen molar-refractivity contribution in [3.63, 3.8) is 0 Å². The Hall–Kier alpha value is -4.19. The molecule has 1 fully saturated rings. The molecule has 4 aromatic rings. The van der Waals surface area contributed by atoms with Crippen molar-refractivity contribution in [2.75, 3.05) is 36.4 Å². The molecule has 0 unspecified atom stereocenters. The number of aromatic nitrogens is 5. The minimum Gasteiger partial charge on any atom is -0.351 e. The van der Waals surface area contributed by atoms with Crippen LogP contribution in [0.3, 0.4) is 0 Å². The van der Waals surface area contributed by atoms with Crippen molar-refractivity contribution in [2.24, 2.45) is 5.73 Å². The van der Waals surface area contributed by atoms with Crippen molar-refractivity contribution in [1.82, 2.24) is 29.8 Å². The number of carbonyl (C=O) groups is 1. The highest BCUT2D eigenvalue weighted by Gasteiger charge is 2.26. The molecule has 12 heteroatoms. The van der Waals surface area contributed by atoms with Crippen LogP contribution in [0.1, 0.15) is 41.7 Å². The molecule has 0 radical (unpaired) electrons.